The van der Waals surface area contributed by atoms with E-state index in [-0.39, 0.29) is 68.5 Å². The molecule has 9 atom stereocenters. The molecule has 0 aromatic heterocycles. The number of carbonyl (C=O) groups excluding carboxylic acids is 3. The Kier molecular flexibility index (Phi) is 13.4. The number of methoxy groups -OCH3 is 2. The first-order valence-electron chi connectivity index (χ1n) is 16.4. The molecular formula is C37H47NNaO12. The number of aliphatic hydroxyl groups is 2. The number of phenols is 3. The maximum Gasteiger partial charge on any atom is 0.312 e. The molecule has 0 spiro atoms. The first-order valence-corrected chi connectivity index (χ1v) is 16.4. The Bertz CT molecular complexity index is 1770. The molecule has 0 unspecified atom stereocenters. The zero-order chi connectivity index (χ0) is 37.4. The van der Waals surface area contributed by atoms with Crippen LogP contribution in [0.1, 0.15) is 57.5 Å². The number of benzene rings is 2. The SMILES string of the molecule is COC(=O)[C@H]1[C@@H](C)[C@@H](OC)/C=C/O[C@@]2(C)Oc3c(C)c(O)c4c(O)c(cc(O)c4c3C2=O)NC(=O)/C(C)=C\C=C\[C@@H](C)[C@@H](O)[C@@H](C)[C@H](O)[C@@H]1C.[Na]. The van der Waals surface area contributed by atoms with Crippen molar-refractivity contribution in [1.29, 1.82) is 0 Å². The smallest absolute Gasteiger partial charge is 0.312 e. The van der Waals surface area contributed by atoms with Crippen molar-refractivity contribution in [3.05, 3.63) is 53.3 Å². The van der Waals surface area contributed by atoms with Gasteiger partial charge in [-0.2, -0.15) is 0 Å². The Hall–Kier alpha value is -3.59. The van der Waals surface area contributed by atoms with Crippen molar-refractivity contribution in [2.75, 3.05) is 19.5 Å². The summed E-state index contributed by atoms with van der Waals surface area (Å²) in [6.45, 7) is 11.2. The average molecular weight is 721 g/mol. The van der Waals surface area contributed by atoms with E-state index in [2.05, 4.69) is 5.32 Å². The van der Waals surface area contributed by atoms with Crippen LogP contribution in [0.5, 0.6) is 23.0 Å². The molecule has 3 heterocycles. The average Bonchev–Trinajstić information content (AvgIpc) is 3.34. The number of ketones is 1. The van der Waals surface area contributed by atoms with E-state index >= 15 is 0 Å². The third-order valence-electron chi connectivity index (χ3n) is 10.1. The van der Waals surface area contributed by atoms with Crippen molar-refractivity contribution in [2.45, 2.75) is 72.6 Å². The minimum atomic E-state index is -1.99. The van der Waals surface area contributed by atoms with Crippen molar-refractivity contribution in [1.82, 2.24) is 0 Å². The summed E-state index contributed by atoms with van der Waals surface area (Å²) in [6, 6.07) is 1.06. The molecule has 51 heavy (non-hydrogen) atoms. The summed E-state index contributed by atoms with van der Waals surface area (Å²) in [5, 5.41) is 58.2. The van der Waals surface area contributed by atoms with Gasteiger partial charge in [-0.1, -0.05) is 45.9 Å². The van der Waals surface area contributed by atoms with Crippen LogP contribution in [-0.4, -0.2) is 111 Å². The number of aliphatic hydroxyl groups excluding tert-OH is 2. The second-order valence-corrected chi connectivity index (χ2v) is 13.4. The van der Waals surface area contributed by atoms with Crippen LogP contribution >= 0.6 is 0 Å². The van der Waals surface area contributed by atoms with Crippen LogP contribution in [0.3, 0.4) is 0 Å². The summed E-state index contributed by atoms with van der Waals surface area (Å²) in [6.07, 6.45) is 4.39. The first-order chi connectivity index (χ1) is 23.4. The number of carbonyl (C=O) groups is 3. The number of aromatic hydroxyl groups is 3. The maximum absolute atomic E-state index is 13.9. The maximum atomic E-state index is 13.9. The number of hydrogen-bond donors (Lipinski definition) is 6. The molecule has 14 heteroatoms. The minimum absolute atomic E-state index is 0. The van der Waals surface area contributed by atoms with E-state index in [0.717, 1.165) is 6.07 Å². The molecule has 13 nitrogen and oxygen atoms in total. The zero-order valence-corrected chi connectivity index (χ0v) is 32.7. The predicted molar refractivity (Wildman–Crippen MR) is 190 cm³/mol. The quantitative estimate of drug-likeness (QED) is 0.112. The van der Waals surface area contributed by atoms with Gasteiger partial charge in [0.25, 0.3) is 11.7 Å². The van der Waals surface area contributed by atoms with Gasteiger partial charge in [-0.05, 0) is 31.8 Å². The molecule has 3 aliphatic rings. The molecular weight excluding hydrogens is 673 g/mol. The number of anilines is 1. The van der Waals surface area contributed by atoms with E-state index in [4.69, 9.17) is 18.9 Å². The third-order valence-corrected chi connectivity index (χ3v) is 10.1. The van der Waals surface area contributed by atoms with Gasteiger partial charge in [0.15, 0.2) is 5.75 Å². The molecule has 3 aliphatic heterocycles. The van der Waals surface area contributed by atoms with Gasteiger partial charge >= 0.3 is 11.8 Å². The van der Waals surface area contributed by atoms with E-state index in [0.29, 0.717) is 0 Å². The Morgan fingerprint density at radius 2 is 1.57 bits per heavy atom. The monoisotopic (exact) mass is 720 g/mol. The number of rotatable bonds is 2. The third kappa shape index (κ3) is 7.79. The predicted octanol–water partition coefficient (Wildman–Crippen LogP) is 4.23. The Balaban J connectivity index is 0.00000702. The molecule has 1 amide bonds. The van der Waals surface area contributed by atoms with Crippen molar-refractivity contribution < 1.29 is 58.9 Å². The summed E-state index contributed by atoms with van der Waals surface area (Å²) >= 11 is 0. The van der Waals surface area contributed by atoms with Gasteiger partial charge in [0, 0.05) is 78.0 Å². The van der Waals surface area contributed by atoms with E-state index in [1.165, 1.54) is 53.4 Å². The van der Waals surface area contributed by atoms with E-state index in [1.54, 1.807) is 39.8 Å². The molecule has 273 valence electrons. The minimum Gasteiger partial charge on any atom is -0.507 e. The van der Waals surface area contributed by atoms with Gasteiger partial charge in [0.05, 0.1) is 54.2 Å². The van der Waals surface area contributed by atoms with Gasteiger partial charge in [0.2, 0.25) is 0 Å². The van der Waals surface area contributed by atoms with Gasteiger partial charge in [-0.15, -0.1) is 0 Å². The van der Waals surface area contributed by atoms with Crippen molar-refractivity contribution in [3.63, 3.8) is 0 Å². The van der Waals surface area contributed by atoms with Crippen LogP contribution in [-0.2, 0) is 23.8 Å². The number of amides is 1. The van der Waals surface area contributed by atoms with Gasteiger partial charge < -0.3 is 49.8 Å². The van der Waals surface area contributed by atoms with E-state index in [1.807, 2.05) is 0 Å². The van der Waals surface area contributed by atoms with Crippen LogP contribution in [0.4, 0.5) is 5.69 Å². The molecule has 5 rings (SSSR count). The largest absolute Gasteiger partial charge is 0.507 e. The molecule has 0 saturated heterocycles. The van der Waals surface area contributed by atoms with Gasteiger partial charge in [-0.3, -0.25) is 14.4 Å². The molecule has 2 aromatic carbocycles. The molecule has 2 aromatic rings. The summed E-state index contributed by atoms with van der Waals surface area (Å²) in [7, 11) is 2.66. The fourth-order valence-corrected chi connectivity index (χ4v) is 6.84. The molecule has 0 aliphatic carbocycles. The normalized spacial score (nSPS) is 32.6. The summed E-state index contributed by atoms with van der Waals surface area (Å²) in [5.74, 6) is -9.04. The second kappa shape index (κ2) is 16.4. The second-order valence-electron chi connectivity index (χ2n) is 13.4. The van der Waals surface area contributed by atoms with Gasteiger partial charge in [0.1, 0.15) is 17.2 Å². The fourth-order valence-electron chi connectivity index (χ4n) is 6.84. The number of ether oxygens (including phenoxy) is 4. The van der Waals surface area contributed by atoms with Crippen LogP contribution in [0.15, 0.2) is 42.2 Å². The molecule has 0 saturated carbocycles. The number of nitrogens with one attached hydrogen (secondary N) is 1. The number of allylic oxidation sites excluding steroid dienone is 2. The number of phenolic OH excluding ortho intramolecular Hbond substituents is 3. The van der Waals surface area contributed by atoms with Crippen LogP contribution < -0.4 is 10.1 Å². The zero-order valence-electron chi connectivity index (χ0n) is 30.7. The topological polar surface area (TPSA) is 201 Å². The Morgan fingerprint density at radius 1 is 0.922 bits per heavy atom. The Labute approximate surface area is 319 Å². The van der Waals surface area contributed by atoms with E-state index < -0.39 is 88.6 Å². The molecule has 1 radical (unpaired) electrons. The molecule has 0 fully saturated rings. The van der Waals surface area contributed by atoms with Crippen molar-refractivity contribution >= 4 is 63.7 Å². The summed E-state index contributed by atoms with van der Waals surface area (Å²) < 4.78 is 22.6. The number of fused-ring (bicyclic) bond motifs is 14. The van der Waals surface area contributed by atoms with Crippen LogP contribution in [0.2, 0.25) is 0 Å². The van der Waals surface area contributed by atoms with Crippen LogP contribution in [0, 0.1) is 36.5 Å². The fraction of sp³-hybridized carbons (Fsp3) is 0.486. The standard InChI is InChI=1S/C37H47NO12.Na/c1-16-11-10-12-17(2)35(45)38-22-15-23(39)26-27(32(22)43)31(42)21(6)33-28(26)34(44)37(7,50-33)49-14-13-24(47-8)18(3)25(36(46)48-9)19(4)30(41)20(5)29(16)40;/h10-16,18-20,24-25,29-30,39-43H,1-9H3,(H,38,45);/b11-10+,14-13+,17-12-;/t16-,18+,19-,20-,24+,25+,29-,30-,37+;/m1./s1. The van der Waals surface area contributed by atoms with Crippen molar-refractivity contribution in [2.24, 2.45) is 29.6 Å². The molecule has 5 bridgehead atoms. The van der Waals surface area contributed by atoms with E-state index in [9.17, 15) is 39.9 Å². The molecule has 6 N–H and O–H groups in total. The number of hydrogen-bond acceptors (Lipinski definition) is 12. The number of Topliss-reactive ketones (excluding diaryl/α,β-unsaturated/α-hetero) is 1. The summed E-state index contributed by atoms with van der Waals surface area (Å²) in [4.78, 5) is 40.2. The first kappa shape index (κ1) is 41.8. The number of esters is 1. The van der Waals surface area contributed by atoms with Gasteiger partial charge in [-0.25, -0.2) is 0 Å². The van der Waals surface area contributed by atoms with Crippen LogP contribution in [0.25, 0.3) is 10.8 Å². The summed E-state index contributed by atoms with van der Waals surface area (Å²) in [5.41, 5.74) is -0.105. The Morgan fingerprint density at radius 3 is 2.18 bits per heavy atom. The van der Waals surface area contributed by atoms with Crippen molar-refractivity contribution in [3.8, 4) is 23.0 Å².